The van der Waals surface area contributed by atoms with Crippen LogP contribution in [0, 0.1) is 0 Å². The molecule has 4 heterocycles. The van der Waals surface area contributed by atoms with Crippen molar-refractivity contribution in [2.24, 2.45) is 0 Å². The van der Waals surface area contributed by atoms with Gasteiger partial charge in [0.15, 0.2) is 11.6 Å². The van der Waals surface area contributed by atoms with Crippen LogP contribution in [0.25, 0.3) is 22.4 Å². The lowest BCUT2D eigenvalue weighted by atomic mass is 10.1. The first kappa shape index (κ1) is 14.6. The lowest BCUT2D eigenvalue weighted by Crippen LogP contribution is -2.01. The molecule has 2 N–H and O–H groups in total. The molecule has 0 bridgehead atoms. The molecule has 0 spiro atoms. The van der Waals surface area contributed by atoms with E-state index in [1.807, 2.05) is 24.3 Å². The van der Waals surface area contributed by atoms with Crippen LogP contribution in [0.15, 0.2) is 54.2 Å². The molecule has 24 heavy (non-hydrogen) atoms. The second-order valence-electron chi connectivity index (χ2n) is 5.02. The molecule has 0 aliphatic heterocycles. The molecule has 4 aromatic rings. The van der Waals surface area contributed by atoms with Crippen LogP contribution in [0.5, 0.6) is 0 Å². The van der Waals surface area contributed by atoms with Crippen molar-refractivity contribution in [1.82, 2.24) is 30.1 Å². The number of H-pyrrole nitrogens is 2. The van der Waals surface area contributed by atoms with Gasteiger partial charge in [-0.2, -0.15) is 0 Å². The third-order valence-electron chi connectivity index (χ3n) is 3.48. The normalized spacial score (nSPS) is 11.0. The molecule has 0 radical (unpaired) electrons. The molecule has 7 nitrogen and oxygen atoms in total. The summed E-state index contributed by atoms with van der Waals surface area (Å²) in [5.41, 5.74) is 2.20. The lowest BCUT2D eigenvalue weighted by Gasteiger charge is -1.97. The van der Waals surface area contributed by atoms with Gasteiger partial charge >= 0.3 is 0 Å². The Balaban J connectivity index is 1.47. The van der Waals surface area contributed by atoms with Gasteiger partial charge in [0.1, 0.15) is 5.65 Å². The van der Waals surface area contributed by atoms with Gasteiger partial charge in [-0.15, -0.1) is 5.10 Å². The first-order valence-electron chi connectivity index (χ1n) is 7.22. The molecule has 0 aromatic carbocycles. The van der Waals surface area contributed by atoms with Crippen molar-refractivity contribution < 1.29 is 4.79 Å². The zero-order chi connectivity index (χ0) is 16.4. The Morgan fingerprint density at radius 1 is 1.21 bits per heavy atom. The number of nitrogens with one attached hydrogen (secondary N) is 2. The minimum Gasteiger partial charge on any atom is -0.345 e. The number of nitrogens with zero attached hydrogens (tertiary/aromatic N) is 4. The summed E-state index contributed by atoms with van der Waals surface area (Å²) in [5, 5.41) is 8.35. The monoisotopic (exact) mass is 336 g/mol. The molecular formula is C16H12N6OS. The van der Waals surface area contributed by atoms with E-state index in [-0.39, 0.29) is 11.5 Å². The Kier molecular flexibility index (Phi) is 3.80. The minimum atomic E-state index is 0.00646. The predicted molar refractivity (Wildman–Crippen MR) is 90.8 cm³/mol. The van der Waals surface area contributed by atoms with Gasteiger partial charge < -0.3 is 4.98 Å². The number of carbonyl (C=O) groups is 1. The number of fused-ring (bicyclic) bond motifs is 1. The molecule has 0 saturated carbocycles. The smallest absolute Gasteiger partial charge is 0.209 e. The second-order valence-corrected chi connectivity index (χ2v) is 5.96. The molecule has 0 saturated heterocycles. The van der Waals surface area contributed by atoms with Gasteiger partial charge in [0.05, 0.1) is 5.75 Å². The fourth-order valence-electron chi connectivity index (χ4n) is 2.34. The topological polar surface area (TPSA) is 100 Å². The van der Waals surface area contributed by atoms with Gasteiger partial charge in [0, 0.05) is 41.3 Å². The molecule has 0 aliphatic rings. The predicted octanol–water partition coefficient (Wildman–Crippen LogP) is 2.72. The third-order valence-corrected chi connectivity index (χ3v) is 4.33. The SMILES string of the molecule is O=C(CSc1n[nH]c(-c2cccnc2)n1)c1c[nH]c2ncccc12. The highest BCUT2D eigenvalue weighted by Crippen LogP contribution is 2.22. The number of aromatic amines is 2. The van der Waals surface area contributed by atoms with E-state index in [2.05, 4.69) is 30.1 Å². The Labute approximate surface area is 141 Å². The molecule has 8 heteroatoms. The van der Waals surface area contributed by atoms with E-state index in [1.54, 1.807) is 24.8 Å². The lowest BCUT2D eigenvalue weighted by molar-refractivity contribution is 0.102. The van der Waals surface area contributed by atoms with Gasteiger partial charge in [-0.25, -0.2) is 9.97 Å². The van der Waals surface area contributed by atoms with Gasteiger partial charge in [0.2, 0.25) is 5.16 Å². The number of thioether (sulfide) groups is 1. The average molecular weight is 336 g/mol. The highest BCUT2D eigenvalue weighted by molar-refractivity contribution is 7.99. The standard InChI is InChI=1S/C16H12N6OS/c23-13(12-8-19-15-11(12)4-2-6-18-15)9-24-16-20-14(21-22-16)10-3-1-5-17-7-10/h1-8H,9H2,(H,18,19)(H,20,21,22). The van der Waals surface area contributed by atoms with E-state index in [4.69, 9.17) is 0 Å². The van der Waals surface area contributed by atoms with Crippen molar-refractivity contribution in [2.45, 2.75) is 5.16 Å². The summed E-state index contributed by atoms with van der Waals surface area (Å²) in [6.07, 6.45) is 6.79. The van der Waals surface area contributed by atoms with Crippen molar-refractivity contribution in [3.63, 3.8) is 0 Å². The third kappa shape index (κ3) is 2.79. The number of pyridine rings is 2. The molecule has 0 aliphatic carbocycles. The van der Waals surface area contributed by atoms with E-state index in [0.717, 1.165) is 10.9 Å². The van der Waals surface area contributed by atoms with Crippen LogP contribution in [-0.4, -0.2) is 41.7 Å². The Morgan fingerprint density at radius 2 is 2.12 bits per heavy atom. The van der Waals surface area contributed by atoms with Crippen molar-refractivity contribution in [2.75, 3.05) is 5.75 Å². The van der Waals surface area contributed by atoms with Crippen LogP contribution in [0.3, 0.4) is 0 Å². The summed E-state index contributed by atoms with van der Waals surface area (Å²) < 4.78 is 0. The molecule has 4 aromatic heterocycles. The number of hydrogen-bond acceptors (Lipinski definition) is 6. The van der Waals surface area contributed by atoms with Crippen LogP contribution in [0.2, 0.25) is 0 Å². The fourth-order valence-corrected chi connectivity index (χ4v) is 3.02. The highest BCUT2D eigenvalue weighted by Gasteiger charge is 2.14. The van der Waals surface area contributed by atoms with Crippen molar-refractivity contribution in [1.29, 1.82) is 0 Å². The Bertz CT molecular complexity index is 994. The largest absolute Gasteiger partial charge is 0.345 e. The number of Topliss-reactive ketones (excluding diaryl/α,β-unsaturated/α-hetero) is 1. The van der Waals surface area contributed by atoms with E-state index in [0.29, 0.717) is 22.2 Å². The summed E-state index contributed by atoms with van der Waals surface area (Å²) in [4.78, 5) is 28.1. The molecule has 0 unspecified atom stereocenters. The Hall–Kier alpha value is -3.00. The quantitative estimate of drug-likeness (QED) is 0.429. The summed E-state index contributed by atoms with van der Waals surface area (Å²) >= 11 is 1.29. The number of ketones is 1. The van der Waals surface area contributed by atoms with Gasteiger partial charge in [-0.3, -0.25) is 14.9 Å². The summed E-state index contributed by atoms with van der Waals surface area (Å²) in [6, 6.07) is 7.42. The van der Waals surface area contributed by atoms with Crippen LogP contribution in [0.4, 0.5) is 0 Å². The van der Waals surface area contributed by atoms with Gasteiger partial charge in [-0.05, 0) is 24.3 Å². The minimum absolute atomic E-state index is 0.00646. The Morgan fingerprint density at radius 3 is 3.00 bits per heavy atom. The first-order chi connectivity index (χ1) is 11.8. The number of carbonyl (C=O) groups excluding carboxylic acids is 1. The van der Waals surface area contributed by atoms with Gasteiger partial charge in [0.25, 0.3) is 0 Å². The van der Waals surface area contributed by atoms with E-state index < -0.39 is 0 Å². The van der Waals surface area contributed by atoms with Crippen molar-refractivity contribution >= 4 is 28.6 Å². The maximum Gasteiger partial charge on any atom is 0.209 e. The van der Waals surface area contributed by atoms with Gasteiger partial charge in [-0.1, -0.05) is 11.8 Å². The molecule has 0 atom stereocenters. The van der Waals surface area contributed by atoms with E-state index in [1.165, 1.54) is 11.8 Å². The number of rotatable bonds is 5. The van der Waals surface area contributed by atoms with Crippen LogP contribution < -0.4 is 0 Å². The second kappa shape index (κ2) is 6.25. The summed E-state index contributed by atoms with van der Waals surface area (Å²) in [6.45, 7) is 0. The number of hydrogen-bond donors (Lipinski definition) is 2. The van der Waals surface area contributed by atoms with Crippen molar-refractivity contribution in [3.05, 3.63) is 54.6 Å². The fraction of sp³-hybridized carbons (Fsp3) is 0.0625. The first-order valence-corrected chi connectivity index (χ1v) is 8.21. The maximum atomic E-state index is 12.4. The van der Waals surface area contributed by atoms with Crippen LogP contribution in [0.1, 0.15) is 10.4 Å². The molecular weight excluding hydrogens is 324 g/mol. The highest BCUT2D eigenvalue weighted by atomic mass is 32.2. The summed E-state index contributed by atoms with van der Waals surface area (Å²) in [5.74, 6) is 0.896. The van der Waals surface area contributed by atoms with Crippen LogP contribution >= 0.6 is 11.8 Å². The molecule has 4 rings (SSSR count). The average Bonchev–Trinajstić information content (AvgIpc) is 3.27. The summed E-state index contributed by atoms with van der Waals surface area (Å²) in [7, 11) is 0. The maximum absolute atomic E-state index is 12.4. The molecule has 0 fully saturated rings. The van der Waals surface area contributed by atoms with Crippen molar-refractivity contribution in [3.8, 4) is 11.4 Å². The molecule has 118 valence electrons. The molecule has 0 amide bonds. The van der Waals surface area contributed by atoms with E-state index in [9.17, 15) is 4.79 Å². The zero-order valence-corrected chi connectivity index (χ0v) is 13.2. The zero-order valence-electron chi connectivity index (χ0n) is 12.4. The van der Waals surface area contributed by atoms with Crippen LogP contribution in [-0.2, 0) is 0 Å². The van der Waals surface area contributed by atoms with E-state index >= 15 is 0 Å². The number of aromatic nitrogens is 6.